The molecule has 4 aliphatic rings. The van der Waals surface area contributed by atoms with Crippen molar-refractivity contribution in [2.45, 2.75) is 81.2 Å². The number of phenols is 1. The molecule has 2 bridgehead atoms. The lowest BCUT2D eigenvalue weighted by molar-refractivity contribution is -0.204. The van der Waals surface area contributed by atoms with E-state index in [2.05, 4.69) is 17.3 Å². The Labute approximate surface area is 183 Å². The maximum absolute atomic E-state index is 12.0. The third-order valence-corrected chi connectivity index (χ3v) is 8.47. The average Bonchev–Trinajstić information content (AvgIpc) is 3.08. The van der Waals surface area contributed by atoms with E-state index in [-0.39, 0.29) is 29.9 Å². The van der Waals surface area contributed by atoms with Gasteiger partial charge in [-0.15, -0.1) is 0 Å². The van der Waals surface area contributed by atoms with Crippen LogP contribution in [-0.2, 0) is 21.4 Å². The first-order chi connectivity index (χ1) is 14.7. The van der Waals surface area contributed by atoms with Crippen molar-refractivity contribution in [1.82, 2.24) is 10.2 Å². The molecule has 2 heterocycles. The van der Waals surface area contributed by atoms with Crippen molar-refractivity contribution < 1.29 is 24.5 Å². The highest BCUT2D eigenvalue weighted by molar-refractivity contribution is 5.73. The van der Waals surface area contributed by atoms with Gasteiger partial charge in [0.1, 0.15) is 12.1 Å². The molecule has 1 aromatic carbocycles. The van der Waals surface area contributed by atoms with E-state index in [1.54, 1.807) is 6.07 Å². The van der Waals surface area contributed by atoms with Gasteiger partial charge in [0, 0.05) is 24.8 Å². The minimum Gasteiger partial charge on any atom is -0.504 e. The largest absolute Gasteiger partial charge is 0.504 e. The topological polar surface area (TPSA) is 91.3 Å². The minimum atomic E-state index is -0.821. The summed E-state index contributed by atoms with van der Waals surface area (Å²) in [5.41, 5.74) is 1.52. The van der Waals surface area contributed by atoms with E-state index in [0.717, 1.165) is 37.8 Å². The van der Waals surface area contributed by atoms with Crippen molar-refractivity contribution in [3.63, 3.8) is 0 Å². The normalized spacial score (nSPS) is 36.7. The van der Waals surface area contributed by atoms with E-state index in [0.29, 0.717) is 12.2 Å². The van der Waals surface area contributed by atoms with Crippen LogP contribution in [0, 0.1) is 5.92 Å². The predicted octanol–water partition coefficient (Wildman–Crippen LogP) is 2.29. The Morgan fingerprint density at radius 2 is 2.16 bits per heavy atom. The van der Waals surface area contributed by atoms with Crippen LogP contribution in [0.15, 0.2) is 12.1 Å². The number of carboxylic acid groups (broad SMARTS) is 1. The van der Waals surface area contributed by atoms with Crippen LogP contribution in [0.1, 0.15) is 50.7 Å². The fraction of sp³-hybridized carbons (Fsp3) is 0.708. The number of carbonyl (C=O) groups is 1. The molecule has 7 nitrogen and oxygen atoms in total. The Hall–Kier alpha value is -1.83. The molecule has 2 aliphatic carbocycles. The lowest BCUT2D eigenvalue weighted by Gasteiger charge is -2.65. The zero-order valence-electron chi connectivity index (χ0n) is 18.9. The van der Waals surface area contributed by atoms with Crippen molar-refractivity contribution in [3.8, 4) is 11.5 Å². The standard InChI is InChI=1S/C24H34N2O5/c1-13(2)11-16(22(28)29)25-15-7-8-24(30-4)18-12-14-5-6-17(27)20-19(14)23(24,21(15)31-20)9-10-26(18)3/h5-6,13,15-16,18,21,25,27H,7-12H2,1-4H3,(H,28,29)/t15?,16-,18+,21?,23-,24+/m0/s1. The van der Waals surface area contributed by atoms with Crippen molar-refractivity contribution >= 4 is 5.97 Å². The quantitative estimate of drug-likeness (QED) is 0.638. The number of benzene rings is 1. The van der Waals surface area contributed by atoms with Gasteiger partial charge in [-0.1, -0.05) is 19.9 Å². The van der Waals surface area contributed by atoms with Crippen LogP contribution in [0.2, 0.25) is 0 Å². The lowest BCUT2D eigenvalue weighted by atomic mass is 9.48. The van der Waals surface area contributed by atoms with Gasteiger partial charge in [0.25, 0.3) is 0 Å². The zero-order valence-corrected chi connectivity index (χ0v) is 18.9. The van der Waals surface area contributed by atoms with Crippen LogP contribution in [0.3, 0.4) is 0 Å². The van der Waals surface area contributed by atoms with Gasteiger partial charge in [-0.05, 0) is 63.2 Å². The van der Waals surface area contributed by atoms with Gasteiger partial charge in [-0.25, -0.2) is 0 Å². The number of aromatic hydroxyl groups is 1. The number of hydrogen-bond donors (Lipinski definition) is 3. The summed E-state index contributed by atoms with van der Waals surface area (Å²) in [7, 11) is 3.98. The number of likely N-dealkylation sites (tertiary alicyclic amines) is 1. The van der Waals surface area contributed by atoms with Gasteiger partial charge in [0.2, 0.25) is 0 Å². The van der Waals surface area contributed by atoms with E-state index >= 15 is 0 Å². The summed E-state index contributed by atoms with van der Waals surface area (Å²) >= 11 is 0. The summed E-state index contributed by atoms with van der Waals surface area (Å²) in [6, 6.07) is 3.25. The van der Waals surface area contributed by atoms with Crippen LogP contribution in [0.4, 0.5) is 0 Å². The summed E-state index contributed by atoms with van der Waals surface area (Å²) in [4.78, 5) is 14.4. The molecule has 1 saturated carbocycles. The molecule has 0 radical (unpaired) electrons. The summed E-state index contributed by atoms with van der Waals surface area (Å²) in [6.07, 6.45) is 3.63. The fourth-order valence-corrected chi connectivity index (χ4v) is 7.28. The van der Waals surface area contributed by atoms with Crippen LogP contribution < -0.4 is 10.1 Å². The van der Waals surface area contributed by atoms with Crippen molar-refractivity contribution in [1.29, 1.82) is 0 Å². The van der Waals surface area contributed by atoms with Crippen LogP contribution in [0.25, 0.3) is 0 Å². The number of carboxylic acids is 1. The number of methoxy groups -OCH3 is 1. The lowest BCUT2D eigenvalue weighted by Crippen LogP contribution is -2.78. The van der Waals surface area contributed by atoms with Crippen molar-refractivity contribution in [2.75, 3.05) is 20.7 Å². The first-order valence-electron chi connectivity index (χ1n) is 11.5. The number of likely N-dealkylation sites (N-methyl/N-ethyl adjacent to an activating group) is 1. The van der Waals surface area contributed by atoms with Crippen molar-refractivity contribution in [3.05, 3.63) is 23.3 Å². The monoisotopic (exact) mass is 430 g/mol. The molecule has 1 saturated heterocycles. The molecule has 7 heteroatoms. The van der Waals surface area contributed by atoms with Gasteiger partial charge >= 0.3 is 5.97 Å². The molecule has 1 spiro atoms. The SMILES string of the molecule is CO[C@@]12CCC(N[C@@H](CC(C)C)C(=O)O)C3Oc4c(O)ccc5c4[C@@]31CCN(C)[C@@H]2C5. The van der Waals surface area contributed by atoms with Crippen LogP contribution in [0.5, 0.6) is 11.5 Å². The Kier molecular flexibility index (Phi) is 4.81. The highest BCUT2D eigenvalue weighted by Crippen LogP contribution is 2.66. The number of aliphatic carboxylic acids is 1. The maximum Gasteiger partial charge on any atom is 0.320 e. The van der Waals surface area contributed by atoms with Gasteiger partial charge in [0.15, 0.2) is 11.5 Å². The highest BCUT2D eigenvalue weighted by atomic mass is 16.5. The number of nitrogens with one attached hydrogen (secondary N) is 1. The maximum atomic E-state index is 12.0. The molecule has 2 fully saturated rings. The molecule has 5 rings (SSSR count). The Bertz CT molecular complexity index is 904. The highest BCUT2D eigenvalue weighted by Gasteiger charge is 2.73. The molecule has 3 N–H and O–H groups in total. The molecule has 6 atom stereocenters. The number of hydrogen-bond acceptors (Lipinski definition) is 6. The molecule has 2 aliphatic heterocycles. The van der Waals surface area contributed by atoms with E-state index in [4.69, 9.17) is 9.47 Å². The molecule has 2 unspecified atom stereocenters. The molecule has 0 aromatic heterocycles. The van der Waals surface area contributed by atoms with E-state index in [1.807, 2.05) is 27.0 Å². The number of phenolic OH excluding ortho intramolecular Hbond substituents is 1. The predicted molar refractivity (Wildman–Crippen MR) is 116 cm³/mol. The zero-order chi connectivity index (χ0) is 22.1. The summed E-state index contributed by atoms with van der Waals surface area (Å²) in [6.45, 7) is 5.01. The van der Waals surface area contributed by atoms with Gasteiger partial charge in [-0.3, -0.25) is 10.1 Å². The second-order valence-corrected chi connectivity index (χ2v) is 10.3. The molecular weight excluding hydrogens is 396 g/mol. The van der Waals surface area contributed by atoms with E-state index in [1.165, 1.54) is 5.56 Å². The first-order valence-corrected chi connectivity index (χ1v) is 11.5. The Morgan fingerprint density at radius 1 is 1.39 bits per heavy atom. The first kappa shape index (κ1) is 21.0. The molecular formula is C24H34N2O5. The summed E-state index contributed by atoms with van der Waals surface area (Å²) in [5, 5.41) is 24.0. The van der Waals surface area contributed by atoms with E-state index in [9.17, 15) is 15.0 Å². The number of ether oxygens (including phenoxy) is 2. The molecule has 0 amide bonds. The summed E-state index contributed by atoms with van der Waals surface area (Å²) in [5.74, 6) is 0.198. The number of nitrogens with zero attached hydrogens (tertiary/aromatic N) is 1. The van der Waals surface area contributed by atoms with Gasteiger partial charge < -0.3 is 24.6 Å². The summed E-state index contributed by atoms with van der Waals surface area (Å²) < 4.78 is 13.0. The molecule has 170 valence electrons. The van der Waals surface area contributed by atoms with Gasteiger partial charge in [-0.2, -0.15) is 0 Å². The van der Waals surface area contributed by atoms with Crippen molar-refractivity contribution in [2.24, 2.45) is 5.92 Å². The third-order valence-electron chi connectivity index (χ3n) is 8.47. The van der Waals surface area contributed by atoms with Crippen LogP contribution >= 0.6 is 0 Å². The van der Waals surface area contributed by atoms with E-state index < -0.39 is 23.0 Å². The van der Waals surface area contributed by atoms with Crippen LogP contribution in [-0.4, -0.2) is 71.6 Å². The Balaban J connectivity index is 1.62. The second-order valence-electron chi connectivity index (χ2n) is 10.3. The molecule has 1 aromatic rings. The second kappa shape index (κ2) is 7.09. The number of piperidine rings is 1. The fourth-order valence-electron chi connectivity index (χ4n) is 7.28. The smallest absolute Gasteiger partial charge is 0.320 e. The van der Waals surface area contributed by atoms with Gasteiger partial charge in [0.05, 0.1) is 11.0 Å². The molecule has 31 heavy (non-hydrogen) atoms. The average molecular weight is 431 g/mol. The number of rotatable bonds is 6. The third kappa shape index (κ3) is 2.66. The Morgan fingerprint density at radius 3 is 2.84 bits per heavy atom. The minimum absolute atomic E-state index is 0.120.